The van der Waals surface area contributed by atoms with E-state index in [-0.39, 0.29) is 5.82 Å². The Bertz CT molecular complexity index is 1120. The highest BCUT2D eigenvalue weighted by atomic mass is 19.1. The van der Waals surface area contributed by atoms with Crippen molar-refractivity contribution in [2.45, 2.75) is 12.8 Å². The number of rotatable bonds is 6. The Balaban J connectivity index is 1.60. The summed E-state index contributed by atoms with van der Waals surface area (Å²) in [7, 11) is 0. The van der Waals surface area contributed by atoms with Crippen molar-refractivity contribution in [3.8, 4) is 5.69 Å². The van der Waals surface area contributed by atoms with Gasteiger partial charge in [-0.05, 0) is 43.0 Å². The highest BCUT2D eigenvalue weighted by Gasteiger charge is 2.21. The van der Waals surface area contributed by atoms with Crippen molar-refractivity contribution >= 4 is 28.7 Å². The number of aromatic nitrogens is 4. The van der Waals surface area contributed by atoms with Crippen LogP contribution in [0.5, 0.6) is 0 Å². The van der Waals surface area contributed by atoms with Gasteiger partial charge >= 0.3 is 0 Å². The lowest BCUT2D eigenvalue weighted by Crippen LogP contribution is -2.08. The second-order valence-electron chi connectivity index (χ2n) is 6.94. The van der Waals surface area contributed by atoms with Crippen LogP contribution < -0.4 is 10.6 Å². The van der Waals surface area contributed by atoms with Crippen molar-refractivity contribution in [3.05, 3.63) is 66.6 Å². The Labute approximate surface area is 161 Å². The Kier molecular flexibility index (Phi) is 4.12. The lowest BCUT2D eigenvalue weighted by Gasteiger charge is -2.11. The van der Waals surface area contributed by atoms with Crippen LogP contribution in [0.25, 0.3) is 16.9 Å². The average molecular weight is 374 g/mol. The van der Waals surface area contributed by atoms with Crippen molar-refractivity contribution in [3.63, 3.8) is 0 Å². The summed E-state index contributed by atoms with van der Waals surface area (Å²) in [6.07, 6.45) is 4.21. The second kappa shape index (κ2) is 6.92. The van der Waals surface area contributed by atoms with Gasteiger partial charge in [-0.1, -0.05) is 30.3 Å². The molecule has 7 heteroatoms. The van der Waals surface area contributed by atoms with Crippen LogP contribution in [-0.2, 0) is 0 Å². The quantitative estimate of drug-likeness (QED) is 0.519. The van der Waals surface area contributed by atoms with Crippen molar-refractivity contribution in [1.82, 2.24) is 19.5 Å². The molecule has 2 aromatic carbocycles. The third-order valence-corrected chi connectivity index (χ3v) is 4.78. The smallest absolute Gasteiger partial charge is 0.224 e. The molecule has 0 atom stereocenters. The molecule has 1 saturated carbocycles. The molecule has 140 valence electrons. The zero-order valence-electron chi connectivity index (χ0n) is 15.1. The molecule has 2 aromatic heterocycles. The van der Waals surface area contributed by atoms with Gasteiger partial charge in [0.15, 0.2) is 5.65 Å². The molecule has 0 amide bonds. The van der Waals surface area contributed by atoms with Crippen molar-refractivity contribution in [2.75, 3.05) is 17.2 Å². The molecular formula is C21H19FN6. The number of halogens is 1. The second-order valence-corrected chi connectivity index (χ2v) is 6.94. The maximum Gasteiger partial charge on any atom is 0.224 e. The molecular weight excluding hydrogens is 355 g/mol. The molecule has 0 saturated heterocycles. The van der Waals surface area contributed by atoms with E-state index >= 15 is 0 Å². The van der Waals surface area contributed by atoms with Crippen LogP contribution in [0.3, 0.4) is 0 Å². The van der Waals surface area contributed by atoms with Gasteiger partial charge in [-0.2, -0.15) is 4.98 Å². The van der Waals surface area contributed by atoms with Crippen LogP contribution in [0.2, 0.25) is 0 Å². The number of benzene rings is 2. The van der Waals surface area contributed by atoms with E-state index < -0.39 is 0 Å². The SMILES string of the molecule is Fc1ccccc1Nc1nc2cnc(NCC3CC3)nc2n1-c1ccccc1. The molecule has 1 aliphatic carbocycles. The number of nitrogens with one attached hydrogen (secondary N) is 2. The largest absolute Gasteiger partial charge is 0.354 e. The van der Waals surface area contributed by atoms with Crippen LogP contribution in [0.1, 0.15) is 12.8 Å². The van der Waals surface area contributed by atoms with Crippen LogP contribution in [0.15, 0.2) is 60.8 Å². The van der Waals surface area contributed by atoms with Crippen molar-refractivity contribution in [2.24, 2.45) is 5.92 Å². The van der Waals surface area contributed by atoms with Gasteiger partial charge in [0, 0.05) is 6.54 Å². The molecule has 28 heavy (non-hydrogen) atoms. The van der Waals surface area contributed by atoms with Gasteiger partial charge in [-0.15, -0.1) is 0 Å². The maximum atomic E-state index is 14.2. The number of anilines is 3. The summed E-state index contributed by atoms with van der Waals surface area (Å²) >= 11 is 0. The fraction of sp³-hybridized carbons (Fsp3) is 0.190. The van der Waals surface area contributed by atoms with E-state index in [1.165, 1.54) is 18.9 Å². The summed E-state index contributed by atoms with van der Waals surface area (Å²) in [6.45, 7) is 0.880. The normalized spacial score (nSPS) is 13.6. The minimum absolute atomic E-state index is 0.341. The molecule has 2 heterocycles. The predicted molar refractivity (Wildman–Crippen MR) is 108 cm³/mol. The highest BCUT2D eigenvalue weighted by molar-refractivity contribution is 5.79. The topological polar surface area (TPSA) is 67.7 Å². The molecule has 5 rings (SSSR count). The minimum Gasteiger partial charge on any atom is -0.354 e. The fourth-order valence-corrected chi connectivity index (χ4v) is 3.11. The molecule has 0 unspecified atom stereocenters. The summed E-state index contributed by atoms with van der Waals surface area (Å²) in [5.41, 5.74) is 2.55. The van der Waals surface area contributed by atoms with Gasteiger partial charge in [-0.3, -0.25) is 4.57 Å². The number of para-hydroxylation sites is 2. The maximum absolute atomic E-state index is 14.2. The first-order chi connectivity index (χ1) is 13.8. The first-order valence-corrected chi connectivity index (χ1v) is 9.34. The van der Waals surface area contributed by atoms with Gasteiger partial charge < -0.3 is 10.6 Å². The number of imidazole rings is 1. The summed E-state index contributed by atoms with van der Waals surface area (Å²) in [6, 6.07) is 16.3. The third kappa shape index (κ3) is 3.26. The van der Waals surface area contributed by atoms with Gasteiger partial charge in [0.1, 0.15) is 11.3 Å². The van der Waals surface area contributed by atoms with E-state index in [9.17, 15) is 4.39 Å². The van der Waals surface area contributed by atoms with Gasteiger partial charge in [0.2, 0.25) is 11.9 Å². The van der Waals surface area contributed by atoms with Crippen molar-refractivity contribution in [1.29, 1.82) is 0 Å². The molecule has 1 aliphatic rings. The number of nitrogens with zero attached hydrogens (tertiary/aromatic N) is 4. The first-order valence-electron chi connectivity index (χ1n) is 9.34. The summed E-state index contributed by atoms with van der Waals surface area (Å²) in [5, 5.41) is 6.40. The lowest BCUT2D eigenvalue weighted by molar-refractivity contribution is 0.631. The third-order valence-electron chi connectivity index (χ3n) is 4.78. The Morgan fingerprint density at radius 2 is 1.79 bits per heavy atom. The Morgan fingerprint density at radius 3 is 2.57 bits per heavy atom. The Morgan fingerprint density at radius 1 is 1.00 bits per heavy atom. The average Bonchev–Trinajstić information content (AvgIpc) is 3.49. The van der Waals surface area contributed by atoms with Gasteiger partial charge in [-0.25, -0.2) is 14.4 Å². The summed E-state index contributed by atoms with van der Waals surface area (Å²) in [4.78, 5) is 13.7. The van der Waals surface area contributed by atoms with E-state index in [4.69, 9.17) is 0 Å². The summed E-state index contributed by atoms with van der Waals surface area (Å²) < 4.78 is 16.1. The standard InChI is InChI=1S/C21H19FN6/c22-16-8-4-5-9-17(16)25-21-26-18-13-24-20(23-12-14-10-11-14)27-19(18)28(21)15-6-2-1-3-7-15/h1-9,13-14H,10-12H2,(H,25,26)(H,23,24,27). The van der Waals surface area contributed by atoms with Crippen LogP contribution in [0.4, 0.5) is 22.0 Å². The van der Waals surface area contributed by atoms with E-state index in [0.29, 0.717) is 28.7 Å². The zero-order chi connectivity index (χ0) is 18.9. The molecule has 2 N–H and O–H groups in total. The molecule has 0 aliphatic heterocycles. The van der Waals surface area contributed by atoms with E-state index in [2.05, 4.69) is 25.6 Å². The lowest BCUT2D eigenvalue weighted by atomic mass is 10.3. The van der Waals surface area contributed by atoms with Crippen LogP contribution in [0, 0.1) is 11.7 Å². The molecule has 1 fully saturated rings. The molecule has 0 bridgehead atoms. The zero-order valence-corrected chi connectivity index (χ0v) is 15.1. The van der Waals surface area contributed by atoms with Crippen molar-refractivity contribution < 1.29 is 4.39 Å². The summed E-state index contributed by atoms with van der Waals surface area (Å²) in [5.74, 6) is 1.44. The van der Waals surface area contributed by atoms with Crippen LogP contribution in [-0.4, -0.2) is 26.1 Å². The number of fused-ring (bicyclic) bond motifs is 1. The highest BCUT2D eigenvalue weighted by Crippen LogP contribution is 2.29. The number of hydrogen-bond acceptors (Lipinski definition) is 5. The van der Waals surface area contributed by atoms with Crippen LogP contribution >= 0.6 is 0 Å². The molecule has 0 spiro atoms. The molecule has 6 nitrogen and oxygen atoms in total. The van der Waals surface area contributed by atoms with E-state index in [1.54, 1.807) is 24.4 Å². The van der Waals surface area contributed by atoms with Gasteiger partial charge in [0.05, 0.1) is 17.6 Å². The molecule has 4 aromatic rings. The fourth-order valence-electron chi connectivity index (χ4n) is 3.11. The van der Waals surface area contributed by atoms with Gasteiger partial charge in [0.25, 0.3) is 0 Å². The van der Waals surface area contributed by atoms with E-state index in [1.807, 2.05) is 34.9 Å². The van der Waals surface area contributed by atoms with E-state index in [0.717, 1.165) is 18.2 Å². The Hall–Kier alpha value is -3.48. The first kappa shape index (κ1) is 16.7. The predicted octanol–water partition coefficient (Wildman–Crippen LogP) is 4.52. The number of hydrogen-bond donors (Lipinski definition) is 2. The molecule has 0 radical (unpaired) electrons. The minimum atomic E-state index is -0.341. The monoisotopic (exact) mass is 374 g/mol.